The van der Waals surface area contributed by atoms with Crippen LogP contribution in [-0.4, -0.2) is 44.3 Å². The third kappa shape index (κ3) is 6.40. The van der Waals surface area contributed by atoms with Gasteiger partial charge in [0, 0.05) is 12.2 Å². The van der Waals surface area contributed by atoms with Crippen molar-refractivity contribution in [3.63, 3.8) is 0 Å². The number of sulfonamides is 1. The summed E-state index contributed by atoms with van der Waals surface area (Å²) < 4.78 is 34.2. The van der Waals surface area contributed by atoms with Crippen LogP contribution in [0, 0.1) is 20.8 Å². The molecule has 206 valence electrons. The fraction of sp³-hybridized carbons (Fsp3) is 0.355. The van der Waals surface area contributed by atoms with Crippen LogP contribution in [0.5, 0.6) is 0 Å². The molecule has 1 aliphatic rings. The van der Waals surface area contributed by atoms with E-state index in [2.05, 4.69) is 5.32 Å². The van der Waals surface area contributed by atoms with Gasteiger partial charge in [0.2, 0.25) is 15.9 Å². The molecule has 0 bridgehead atoms. The molecule has 1 fully saturated rings. The first-order chi connectivity index (χ1) is 18.6. The van der Waals surface area contributed by atoms with Crippen molar-refractivity contribution in [2.75, 3.05) is 25.0 Å². The van der Waals surface area contributed by atoms with Gasteiger partial charge in [-0.3, -0.25) is 9.59 Å². The number of anilines is 1. The van der Waals surface area contributed by atoms with Gasteiger partial charge in [0.05, 0.1) is 23.5 Å². The Morgan fingerprint density at radius 1 is 0.949 bits per heavy atom. The van der Waals surface area contributed by atoms with Crippen molar-refractivity contribution in [2.45, 2.75) is 57.3 Å². The van der Waals surface area contributed by atoms with Crippen molar-refractivity contribution in [2.24, 2.45) is 0 Å². The molecule has 0 heterocycles. The Hall–Kier alpha value is -3.49. The number of carbonyl (C=O) groups excluding carboxylic acids is 2. The van der Waals surface area contributed by atoms with Gasteiger partial charge < -0.3 is 10.1 Å². The lowest BCUT2D eigenvalue weighted by Crippen LogP contribution is -2.39. The minimum atomic E-state index is -3.95. The molecular formula is C31H36N2O5S. The highest BCUT2D eigenvalue weighted by Crippen LogP contribution is 2.49. The average Bonchev–Trinajstić information content (AvgIpc) is 3.69. The lowest BCUT2D eigenvalue weighted by molar-refractivity contribution is -0.146. The van der Waals surface area contributed by atoms with E-state index in [9.17, 15) is 18.0 Å². The second-order valence-electron chi connectivity index (χ2n) is 10.2. The fourth-order valence-corrected chi connectivity index (χ4v) is 6.93. The van der Waals surface area contributed by atoms with Crippen molar-refractivity contribution < 1.29 is 22.7 Å². The predicted molar refractivity (Wildman–Crippen MR) is 152 cm³/mol. The van der Waals surface area contributed by atoms with Crippen molar-refractivity contribution in [1.82, 2.24) is 4.31 Å². The first kappa shape index (κ1) is 28.5. The van der Waals surface area contributed by atoms with E-state index in [-0.39, 0.29) is 24.0 Å². The van der Waals surface area contributed by atoms with Crippen LogP contribution in [-0.2, 0) is 36.2 Å². The van der Waals surface area contributed by atoms with E-state index in [0.29, 0.717) is 29.8 Å². The van der Waals surface area contributed by atoms with Gasteiger partial charge >= 0.3 is 5.97 Å². The van der Waals surface area contributed by atoms with Crippen molar-refractivity contribution >= 4 is 27.6 Å². The zero-order chi connectivity index (χ0) is 28.2. The van der Waals surface area contributed by atoms with Crippen LogP contribution in [0.1, 0.15) is 47.6 Å². The molecule has 0 radical (unpaired) electrons. The van der Waals surface area contributed by atoms with Crippen LogP contribution < -0.4 is 5.32 Å². The molecule has 39 heavy (non-hydrogen) atoms. The summed E-state index contributed by atoms with van der Waals surface area (Å²) in [5.41, 5.74) is 4.08. The summed E-state index contributed by atoms with van der Waals surface area (Å²) >= 11 is 0. The summed E-state index contributed by atoms with van der Waals surface area (Å²) in [7, 11) is -3.95. The quantitative estimate of drug-likeness (QED) is 0.338. The van der Waals surface area contributed by atoms with E-state index in [0.717, 1.165) is 29.5 Å². The van der Waals surface area contributed by atoms with Gasteiger partial charge in [0.15, 0.2) is 0 Å². The molecule has 0 aromatic heterocycles. The number of nitrogens with one attached hydrogen (secondary N) is 1. The third-order valence-corrected chi connectivity index (χ3v) is 9.30. The Labute approximate surface area is 231 Å². The van der Waals surface area contributed by atoms with Gasteiger partial charge in [0.1, 0.15) is 0 Å². The van der Waals surface area contributed by atoms with E-state index in [4.69, 9.17) is 4.74 Å². The van der Waals surface area contributed by atoms with Gasteiger partial charge in [0.25, 0.3) is 0 Å². The Bertz CT molecular complexity index is 1420. The molecular weight excluding hydrogens is 512 g/mol. The first-order valence-electron chi connectivity index (χ1n) is 13.3. The predicted octanol–water partition coefficient (Wildman–Crippen LogP) is 5.08. The highest BCUT2D eigenvalue weighted by atomic mass is 32.2. The van der Waals surface area contributed by atoms with Gasteiger partial charge in [-0.25, -0.2) is 8.42 Å². The summed E-state index contributed by atoms with van der Waals surface area (Å²) in [6.45, 7) is 7.46. The number of amides is 1. The molecule has 3 aromatic rings. The van der Waals surface area contributed by atoms with Gasteiger partial charge in [-0.05, 0) is 81.3 Å². The maximum absolute atomic E-state index is 13.9. The molecule has 0 saturated heterocycles. The van der Waals surface area contributed by atoms with E-state index in [1.807, 2.05) is 61.5 Å². The second-order valence-corrected chi connectivity index (χ2v) is 12.1. The molecule has 0 aliphatic heterocycles. The first-order valence-corrected chi connectivity index (χ1v) is 14.7. The Morgan fingerprint density at radius 2 is 1.56 bits per heavy atom. The van der Waals surface area contributed by atoms with Crippen LogP contribution in [0.4, 0.5) is 5.69 Å². The number of carbonyl (C=O) groups is 2. The van der Waals surface area contributed by atoms with E-state index < -0.39 is 21.3 Å². The molecule has 0 spiro atoms. The fourth-order valence-electron chi connectivity index (χ4n) is 5.12. The lowest BCUT2D eigenvalue weighted by Gasteiger charge is -2.24. The maximum Gasteiger partial charge on any atom is 0.316 e. The number of nitrogens with zero attached hydrogens (tertiary/aromatic N) is 1. The van der Waals surface area contributed by atoms with Gasteiger partial charge in [-0.2, -0.15) is 4.31 Å². The van der Waals surface area contributed by atoms with Crippen molar-refractivity contribution in [1.29, 1.82) is 0 Å². The maximum atomic E-state index is 13.9. The van der Waals surface area contributed by atoms with Crippen LogP contribution in [0.25, 0.3) is 0 Å². The van der Waals surface area contributed by atoms with E-state index in [1.165, 1.54) is 4.31 Å². The molecule has 4 rings (SSSR count). The van der Waals surface area contributed by atoms with Crippen LogP contribution >= 0.6 is 0 Å². The summed E-state index contributed by atoms with van der Waals surface area (Å²) in [6, 6.07) is 20.4. The van der Waals surface area contributed by atoms with Crippen molar-refractivity contribution in [3.8, 4) is 0 Å². The van der Waals surface area contributed by atoms with Crippen LogP contribution in [0.3, 0.4) is 0 Å². The minimum Gasteiger partial charge on any atom is -0.465 e. The highest BCUT2D eigenvalue weighted by Gasteiger charge is 2.52. The largest absolute Gasteiger partial charge is 0.465 e. The Balaban J connectivity index is 1.53. The van der Waals surface area contributed by atoms with Gasteiger partial charge in [-0.1, -0.05) is 60.2 Å². The number of hydrogen-bond acceptors (Lipinski definition) is 5. The van der Waals surface area contributed by atoms with Gasteiger partial charge in [-0.15, -0.1) is 0 Å². The number of rotatable bonds is 11. The van der Waals surface area contributed by atoms with Crippen LogP contribution in [0.15, 0.2) is 71.6 Å². The number of ether oxygens (including phenoxy) is 1. The Morgan fingerprint density at radius 3 is 2.13 bits per heavy atom. The number of esters is 1. The topological polar surface area (TPSA) is 92.8 Å². The number of hydrogen-bond donors (Lipinski definition) is 1. The van der Waals surface area contributed by atoms with Crippen LogP contribution in [0.2, 0.25) is 0 Å². The molecule has 1 saturated carbocycles. The lowest BCUT2D eigenvalue weighted by atomic mass is 9.96. The van der Waals surface area contributed by atoms with E-state index >= 15 is 0 Å². The molecule has 1 amide bonds. The molecule has 1 N–H and O–H groups in total. The SMILES string of the molecule is CCOC(=O)C1(c2ccc(NC(=O)CN(CCc3ccccc3)S(=O)(=O)c3c(C)cc(C)cc3C)cc2)CC1. The molecule has 3 aromatic carbocycles. The highest BCUT2D eigenvalue weighted by molar-refractivity contribution is 7.89. The zero-order valence-electron chi connectivity index (χ0n) is 23.0. The molecule has 0 unspecified atom stereocenters. The summed E-state index contributed by atoms with van der Waals surface area (Å²) in [6.07, 6.45) is 1.95. The normalized spacial score (nSPS) is 14.2. The number of aryl methyl sites for hydroxylation is 3. The Kier molecular flexibility index (Phi) is 8.57. The summed E-state index contributed by atoms with van der Waals surface area (Å²) in [5, 5.41) is 2.82. The summed E-state index contributed by atoms with van der Waals surface area (Å²) in [5.74, 6) is -0.656. The smallest absolute Gasteiger partial charge is 0.316 e. The molecule has 8 heteroatoms. The molecule has 7 nitrogen and oxygen atoms in total. The second kappa shape index (κ2) is 11.7. The average molecular weight is 549 g/mol. The standard InChI is InChI=1S/C31H36N2O5S/c1-5-38-30(35)31(16-17-31)26-11-13-27(14-12-26)32-28(34)21-33(18-15-25-9-7-6-8-10-25)39(36,37)29-23(3)19-22(2)20-24(29)4/h6-14,19-20H,5,15-18,21H2,1-4H3,(H,32,34). The van der Waals surface area contributed by atoms with E-state index in [1.54, 1.807) is 32.9 Å². The van der Waals surface area contributed by atoms with Crippen molar-refractivity contribution in [3.05, 3.63) is 94.5 Å². The molecule has 1 aliphatic carbocycles. The molecule has 0 atom stereocenters. The third-order valence-electron chi connectivity index (χ3n) is 7.15. The monoisotopic (exact) mass is 548 g/mol. The summed E-state index contributed by atoms with van der Waals surface area (Å²) in [4.78, 5) is 25.8. The minimum absolute atomic E-state index is 0.160. The number of benzene rings is 3. The zero-order valence-corrected chi connectivity index (χ0v) is 23.8.